The molecule has 0 unspecified atom stereocenters. The highest BCUT2D eigenvalue weighted by atomic mass is 19.1. The smallest absolute Gasteiger partial charge is 0.261 e. The van der Waals surface area contributed by atoms with Gasteiger partial charge in [-0.05, 0) is 69.7 Å². The van der Waals surface area contributed by atoms with Crippen molar-refractivity contribution in [2.75, 3.05) is 0 Å². The van der Waals surface area contributed by atoms with Crippen molar-refractivity contribution in [1.82, 2.24) is 24.5 Å². The Morgan fingerprint density at radius 3 is 2.38 bits per heavy atom. The zero-order chi connectivity index (χ0) is 29.1. The molecule has 0 amide bonds. The summed E-state index contributed by atoms with van der Waals surface area (Å²) in [6.45, 7) is 15.4. The fraction of sp³-hybridized carbons (Fsp3) is 0.406. The monoisotopic (exact) mass is 543 g/mol. The van der Waals surface area contributed by atoms with Gasteiger partial charge in [-0.25, -0.2) is 14.4 Å². The Morgan fingerprint density at radius 1 is 1.00 bits per heavy atom. The van der Waals surface area contributed by atoms with E-state index in [2.05, 4.69) is 23.8 Å². The van der Waals surface area contributed by atoms with E-state index in [1.807, 2.05) is 40.0 Å². The van der Waals surface area contributed by atoms with E-state index in [0.29, 0.717) is 22.9 Å². The van der Waals surface area contributed by atoms with Gasteiger partial charge in [0.05, 0.1) is 22.6 Å². The third-order valence-electron chi connectivity index (χ3n) is 6.93. The molecule has 4 aromatic heterocycles. The van der Waals surface area contributed by atoms with Gasteiger partial charge in [0.1, 0.15) is 29.7 Å². The average Bonchev–Trinajstić information content (AvgIpc) is 3.78. The quantitative estimate of drug-likeness (QED) is 0.248. The molecule has 0 radical (unpaired) electrons. The van der Waals surface area contributed by atoms with Crippen molar-refractivity contribution >= 4 is 0 Å². The Balaban J connectivity index is 0.00000181. The van der Waals surface area contributed by atoms with E-state index in [9.17, 15) is 9.18 Å². The zero-order valence-corrected chi connectivity index (χ0v) is 24.7. The summed E-state index contributed by atoms with van der Waals surface area (Å²) in [5, 5.41) is 0. The molecular weight excluding hydrogens is 505 g/mol. The van der Waals surface area contributed by atoms with Crippen molar-refractivity contribution in [1.29, 1.82) is 0 Å². The van der Waals surface area contributed by atoms with Gasteiger partial charge in [0, 0.05) is 41.8 Å². The first-order valence-electron chi connectivity index (χ1n) is 13.9. The van der Waals surface area contributed by atoms with Crippen LogP contribution in [-0.4, -0.2) is 24.5 Å². The standard InChI is InChI=1S/C30H32FN5O2.C2H6/c1-16(2)29-34-14-22(21-7-8-21)28(35-29)24-11-26(18(4)13-33-24)36-19(5)10-27(20(6)30(36)37)38-15-25-23(31)9-17(3)12-32-25;1-2/h9-14,16,21H,7-8,15H2,1-6H3;1-2H3. The summed E-state index contributed by atoms with van der Waals surface area (Å²) >= 11 is 0. The SMILES string of the molecule is CC.Cc1cnc(COc2cc(C)n(-c3cc(-c4nc(C(C)C)ncc4C4CC4)ncc3C)c(=O)c2C)c(F)c1. The maximum atomic E-state index is 14.2. The topological polar surface area (TPSA) is 82.8 Å². The van der Waals surface area contributed by atoms with Crippen molar-refractivity contribution in [2.24, 2.45) is 0 Å². The third kappa shape index (κ3) is 5.96. The summed E-state index contributed by atoms with van der Waals surface area (Å²) in [6.07, 6.45) is 7.57. The second kappa shape index (κ2) is 12.1. The fourth-order valence-corrected chi connectivity index (χ4v) is 4.52. The van der Waals surface area contributed by atoms with Gasteiger partial charge in [0.25, 0.3) is 5.56 Å². The first-order chi connectivity index (χ1) is 19.1. The van der Waals surface area contributed by atoms with Gasteiger partial charge < -0.3 is 4.74 Å². The minimum Gasteiger partial charge on any atom is -0.487 e. The van der Waals surface area contributed by atoms with E-state index < -0.39 is 5.82 Å². The Labute approximate surface area is 235 Å². The first-order valence-corrected chi connectivity index (χ1v) is 13.9. The Kier molecular flexibility index (Phi) is 8.76. The molecule has 0 aliphatic heterocycles. The number of aromatic nitrogens is 5. The van der Waals surface area contributed by atoms with Gasteiger partial charge >= 0.3 is 0 Å². The van der Waals surface area contributed by atoms with Crippen LogP contribution in [0, 0.1) is 33.5 Å². The van der Waals surface area contributed by atoms with Gasteiger partial charge in [-0.1, -0.05) is 27.7 Å². The molecule has 0 bridgehead atoms. The molecule has 210 valence electrons. The molecule has 1 fully saturated rings. The van der Waals surface area contributed by atoms with Gasteiger partial charge in [0.15, 0.2) is 0 Å². The predicted octanol–water partition coefficient (Wildman–Crippen LogP) is 7.06. The fourth-order valence-electron chi connectivity index (χ4n) is 4.52. The molecule has 1 saturated carbocycles. The van der Waals surface area contributed by atoms with Crippen LogP contribution in [0.5, 0.6) is 5.75 Å². The van der Waals surface area contributed by atoms with Crippen molar-refractivity contribution in [3.8, 4) is 22.8 Å². The second-order valence-electron chi connectivity index (χ2n) is 10.5. The lowest BCUT2D eigenvalue weighted by molar-refractivity contribution is 0.291. The van der Waals surface area contributed by atoms with Crippen LogP contribution in [0.3, 0.4) is 0 Å². The van der Waals surface area contributed by atoms with Crippen LogP contribution in [0.1, 0.15) is 91.8 Å². The minimum atomic E-state index is -0.427. The minimum absolute atomic E-state index is 0.0654. The highest BCUT2D eigenvalue weighted by molar-refractivity contribution is 5.64. The van der Waals surface area contributed by atoms with E-state index in [1.54, 1.807) is 36.9 Å². The highest BCUT2D eigenvalue weighted by Gasteiger charge is 2.29. The van der Waals surface area contributed by atoms with Crippen molar-refractivity contribution in [3.63, 3.8) is 0 Å². The van der Waals surface area contributed by atoms with Crippen LogP contribution >= 0.6 is 0 Å². The van der Waals surface area contributed by atoms with Crippen LogP contribution in [0.15, 0.2) is 41.6 Å². The van der Waals surface area contributed by atoms with Crippen molar-refractivity contribution < 1.29 is 9.13 Å². The molecule has 0 N–H and O–H groups in total. The summed E-state index contributed by atoms with van der Waals surface area (Å²) in [6, 6.07) is 5.16. The van der Waals surface area contributed by atoms with Crippen LogP contribution in [-0.2, 0) is 6.61 Å². The number of hydrogen-bond donors (Lipinski definition) is 0. The predicted molar refractivity (Wildman–Crippen MR) is 156 cm³/mol. The molecule has 1 aliphatic carbocycles. The maximum absolute atomic E-state index is 14.2. The van der Waals surface area contributed by atoms with Gasteiger partial charge in [-0.2, -0.15) is 0 Å². The lowest BCUT2D eigenvalue weighted by Gasteiger charge is -2.18. The van der Waals surface area contributed by atoms with Crippen LogP contribution in [0.4, 0.5) is 4.39 Å². The van der Waals surface area contributed by atoms with Gasteiger partial charge in [-0.3, -0.25) is 19.3 Å². The maximum Gasteiger partial charge on any atom is 0.261 e. The van der Waals surface area contributed by atoms with Crippen LogP contribution in [0.2, 0.25) is 0 Å². The molecule has 0 spiro atoms. The number of nitrogens with zero attached hydrogens (tertiary/aromatic N) is 5. The molecule has 4 aromatic rings. The molecule has 0 saturated heterocycles. The Morgan fingerprint density at radius 2 is 1.73 bits per heavy atom. The molecule has 40 heavy (non-hydrogen) atoms. The molecule has 7 nitrogen and oxygen atoms in total. The Hall–Kier alpha value is -3.94. The van der Waals surface area contributed by atoms with Crippen molar-refractivity contribution in [3.05, 3.63) is 92.4 Å². The first kappa shape index (κ1) is 29.1. The third-order valence-corrected chi connectivity index (χ3v) is 6.93. The zero-order valence-electron chi connectivity index (χ0n) is 24.7. The van der Waals surface area contributed by atoms with E-state index in [4.69, 9.17) is 14.7 Å². The molecular formula is C32H38FN5O2. The normalized spacial score (nSPS) is 12.8. The van der Waals surface area contributed by atoms with Gasteiger partial charge in [-0.15, -0.1) is 0 Å². The number of ether oxygens (including phenoxy) is 1. The number of pyridine rings is 3. The lowest BCUT2D eigenvalue weighted by Crippen LogP contribution is -2.24. The number of rotatable bonds is 7. The number of hydrogen-bond acceptors (Lipinski definition) is 6. The summed E-state index contributed by atoms with van der Waals surface area (Å²) in [7, 11) is 0. The largest absolute Gasteiger partial charge is 0.487 e. The van der Waals surface area contributed by atoms with E-state index in [1.165, 1.54) is 6.07 Å². The second-order valence-corrected chi connectivity index (χ2v) is 10.5. The summed E-state index contributed by atoms with van der Waals surface area (Å²) in [5.74, 6) is 1.40. The number of aryl methyl sites for hydroxylation is 3. The summed E-state index contributed by atoms with van der Waals surface area (Å²) in [5.41, 5.74) is 6.13. The number of halogens is 1. The molecule has 1 aliphatic rings. The highest BCUT2D eigenvalue weighted by Crippen LogP contribution is 2.43. The molecule has 8 heteroatoms. The van der Waals surface area contributed by atoms with E-state index >= 15 is 0 Å². The molecule has 5 rings (SSSR count). The average molecular weight is 544 g/mol. The Bertz CT molecular complexity index is 1590. The molecule has 0 aromatic carbocycles. The molecule has 0 atom stereocenters. The van der Waals surface area contributed by atoms with Gasteiger partial charge in [0.2, 0.25) is 0 Å². The lowest BCUT2D eigenvalue weighted by atomic mass is 10.1. The van der Waals surface area contributed by atoms with E-state index in [-0.39, 0.29) is 23.8 Å². The van der Waals surface area contributed by atoms with E-state index in [0.717, 1.165) is 52.4 Å². The summed E-state index contributed by atoms with van der Waals surface area (Å²) < 4.78 is 21.8. The van der Waals surface area contributed by atoms with Crippen molar-refractivity contribution in [2.45, 2.75) is 86.7 Å². The van der Waals surface area contributed by atoms with Crippen LogP contribution in [0.25, 0.3) is 17.1 Å². The molecule has 4 heterocycles. The summed E-state index contributed by atoms with van der Waals surface area (Å²) in [4.78, 5) is 31.9. The van der Waals surface area contributed by atoms with Crippen LogP contribution < -0.4 is 10.3 Å².